The van der Waals surface area contributed by atoms with Crippen molar-refractivity contribution >= 4 is 34.3 Å². The summed E-state index contributed by atoms with van der Waals surface area (Å²) in [6.45, 7) is 4.85. The summed E-state index contributed by atoms with van der Waals surface area (Å²) in [6, 6.07) is 12.6. The van der Waals surface area contributed by atoms with E-state index in [4.69, 9.17) is 11.6 Å². The number of piperidine rings is 1. The number of fused-ring (bicyclic) bond motifs is 1. The molecule has 0 saturated carbocycles. The lowest BCUT2D eigenvalue weighted by Crippen LogP contribution is -2.49. The number of hydrogen-bond donors (Lipinski definition) is 3. The van der Waals surface area contributed by atoms with Gasteiger partial charge >= 0.3 is 0 Å². The van der Waals surface area contributed by atoms with E-state index in [0.717, 1.165) is 66.9 Å². The van der Waals surface area contributed by atoms with Crippen molar-refractivity contribution < 1.29 is 0 Å². The number of nitrogens with one attached hydrogen (secondary N) is 3. The largest absolute Gasteiger partial charge is 0.361 e. The number of H-pyrrole nitrogens is 1. The average molecular weight is 425 g/mol. The molecule has 0 radical (unpaired) electrons. The summed E-state index contributed by atoms with van der Waals surface area (Å²) in [5.41, 5.74) is 3.44. The van der Waals surface area contributed by atoms with Gasteiger partial charge in [-0.25, -0.2) is 4.98 Å². The molecular formula is C23H29ClN6. The van der Waals surface area contributed by atoms with Gasteiger partial charge in [0.15, 0.2) is 5.96 Å². The van der Waals surface area contributed by atoms with Crippen molar-refractivity contribution in [3.05, 3.63) is 58.9 Å². The van der Waals surface area contributed by atoms with Crippen LogP contribution in [0.2, 0.25) is 5.02 Å². The Kier molecular flexibility index (Phi) is 6.43. The molecule has 4 rings (SSSR count). The van der Waals surface area contributed by atoms with Gasteiger partial charge < -0.3 is 20.5 Å². The number of aliphatic imine (C=N–C) groups is 1. The minimum absolute atomic E-state index is 0.421. The molecule has 3 heterocycles. The highest BCUT2D eigenvalue weighted by atomic mass is 35.5. The van der Waals surface area contributed by atoms with Crippen molar-refractivity contribution in [2.45, 2.75) is 32.2 Å². The first-order valence-corrected chi connectivity index (χ1v) is 10.9. The fourth-order valence-electron chi connectivity index (χ4n) is 4.02. The van der Waals surface area contributed by atoms with Crippen LogP contribution in [0.15, 0.2) is 47.6 Å². The predicted molar refractivity (Wildman–Crippen MR) is 126 cm³/mol. The zero-order chi connectivity index (χ0) is 20.9. The van der Waals surface area contributed by atoms with Gasteiger partial charge in [0.25, 0.3) is 0 Å². The number of aryl methyl sites for hydroxylation is 1. The standard InChI is InChI=1S/C23H29ClN6/c1-16-4-3-5-22(28-16)30-12-9-19(10-13-30)29-23(25-2)26-11-8-17-15-27-21-7-6-18(24)14-20(17)21/h3-7,14-15,19,27H,8-13H2,1-2H3,(H2,25,26,29). The van der Waals surface area contributed by atoms with E-state index in [0.29, 0.717) is 6.04 Å². The van der Waals surface area contributed by atoms with E-state index in [2.05, 4.69) is 48.8 Å². The third-order valence-electron chi connectivity index (χ3n) is 5.67. The van der Waals surface area contributed by atoms with Gasteiger partial charge in [-0.05, 0) is 62.1 Å². The van der Waals surface area contributed by atoms with Crippen molar-refractivity contribution in [1.82, 2.24) is 20.6 Å². The number of hydrogen-bond acceptors (Lipinski definition) is 3. The molecular weight excluding hydrogens is 396 g/mol. The monoisotopic (exact) mass is 424 g/mol. The molecule has 30 heavy (non-hydrogen) atoms. The minimum atomic E-state index is 0.421. The molecule has 2 aromatic heterocycles. The second-order valence-electron chi connectivity index (χ2n) is 7.80. The molecule has 0 spiro atoms. The number of rotatable bonds is 5. The predicted octanol–water partition coefficient (Wildman–Crippen LogP) is 3.90. The van der Waals surface area contributed by atoms with Crippen molar-refractivity contribution in [1.29, 1.82) is 0 Å². The summed E-state index contributed by atoms with van der Waals surface area (Å²) >= 11 is 6.15. The molecule has 6 nitrogen and oxygen atoms in total. The molecule has 1 aliphatic heterocycles. The highest BCUT2D eigenvalue weighted by molar-refractivity contribution is 6.31. The third-order valence-corrected chi connectivity index (χ3v) is 5.91. The first-order valence-electron chi connectivity index (χ1n) is 10.5. The zero-order valence-electron chi connectivity index (χ0n) is 17.6. The SMILES string of the molecule is CN=C(NCCc1c[nH]c2ccc(Cl)cc12)NC1CCN(c2cccc(C)n2)CC1. The first-order chi connectivity index (χ1) is 14.6. The maximum Gasteiger partial charge on any atom is 0.191 e. The van der Waals surface area contributed by atoms with Gasteiger partial charge in [0.1, 0.15) is 5.82 Å². The van der Waals surface area contributed by atoms with Crippen LogP contribution in [0.25, 0.3) is 10.9 Å². The minimum Gasteiger partial charge on any atom is -0.361 e. The van der Waals surface area contributed by atoms with Gasteiger partial charge in [-0.1, -0.05) is 17.7 Å². The van der Waals surface area contributed by atoms with Crippen LogP contribution >= 0.6 is 11.6 Å². The number of anilines is 1. The molecule has 3 aromatic rings. The topological polar surface area (TPSA) is 68.3 Å². The molecule has 158 valence electrons. The lowest BCUT2D eigenvalue weighted by molar-refractivity contribution is 0.459. The van der Waals surface area contributed by atoms with Crippen molar-refractivity contribution in [3.63, 3.8) is 0 Å². The molecule has 1 fully saturated rings. The van der Waals surface area contributed by atoms with Crippen LogP contribution in [0.4, 0.5) is 5.82 Å². The Morgan fingerprint density at radius 2 is 2.10 bits per heavy atom. The molecule has 0 bridgehead atoms. The summed E-state index contributed by atoms with van der Waals surface area (Å²) in [6.07, 6.45) is 5.10. The lowest BCUT2D eigenvalue weighted by atomic mass is 10.1. The van der Waals surface area contributed by atoms with Gasteiger partial charge in [0.2, 0.25) is 0 Å². The van der Waals surface area contributed by atoms with Crippen LogP contribution in [0, 0.1) is 6.92 Å². The van der Waals surface area contributed by atoms with E-state index in [1.807, 2.05) is 38.2 Å². The molecule has 1 saturated heterocycles. The summed E-state index contributed by atoms with van der Waals surface area (Å²) in [4.78, 5) is 14.7. The average Bonchev–Trinajstić information content (AvgIpc) is 3.15. The molecule has 0 amide bonds. The Hall–Kier alpha value is -2.73. The molecule has 0 unspecified atom stereocenters. The maximum atomic E-state index is 6.15. The van der Waals surface area contributed by atoms with Gasteiger partial charge in [-0.3, -0.25) is 4.99 Å². The second-order valence-corrected chi connectivity index (χ2v) is 8.23. The van der Waals surface area contributed by atoms with Gasteiger partial charge in [-0.2, -0.15) is 0 Å². The fourth-order valence-corrected chi connectivity index (χ4v) is 4.19. The Morgan fingerprint density at radius 3 is 2.87 bits per heavy atom. The van der Waals surface area contributed by atoms with Crippen LogP contribution in [-0.4, -0.2) is 48.7 Å². The van der Waals surface area contributed by atoms with Crippen molar-refractivity contribution in [2.24, 2.45) is 4.99 Å². The Bertz CT molecular complexity index is 1020. The van der Waals surface area contributed by atoms with Crippen LogP contribution in [0.3, 0.4) is 0 Å². The van der Waals surface area contributed by atoms with E-state index in [9.17, 15) is 0 Å². The molecule has 3 N–H and O–H groups in total. The van der Waals surface area contributed by atoms with Crippen LogP contribution in [0.1, 0.15) is 24.1 Å². The molecule has 0 atom stereocenters. The number of pyridine rings is 1. The van der Waals surface area contributed by atoms with E-state index in [1.165, 1.54) is 10.9 Å². The quantitative estimate of drug-likeness (QED) is 0.429. The zero-order valence-corrected chi connectivity index (χ0v) is 18.3. The normalized spacial score (nSPS) is 15.6. The van der Waals surface area contributed by atoms with E-state index in [-0.39, 0.29) is 0 Å². The van der Waals surface area contributed by atoms with E-state index >= 15 is 0 Å². The number of nitrogens with zero attached hydrogens (tertiary/aromatic N) is 3. The summed E-state index contributed by atoms with van der Waals surface area (Å²) in [7, 11) is 1.83. The third kappa shape index (κ3) is 4.87. The maximum absolute atomic E-state index is 6.15. The highest BCUT2D eigenvalue weighted by Crippen LogP contribution is 2.22. The molecule has 1 aromatic carbocycles. The Balaban J connectivity index is 1.26. The van der Waals surface area contributed by atoms with E-state index in [1.54, 1.807) is 0 Å². The number of benzene rings is 1. The number of aromatic amines is 1. The molecule has 7 heteroatoms. The van der Waals surface area contributed by atoms with Crippen LogP contribution in [-0.2, 0) is 6.42 Å². The van der Waals surface area contributed by atoms with Crippen molar-refractivity contribution in [2.75, 3.05) is 31.6 Å². The molecule has 1 aliphatic rings. The van der Waals surface area contributed by atoms with Crippen LogP contribution in [0.5, 0.6) is 0 Å². The van der Waals surface area contributed by atoms with Gasteiger partial charge in [-0.15, -0.1) is 0 Å². The summed E-state index contributed by atoms with van der Waals surface area (Å²) in [5.74, 6) is 1.94. The van der Waals surface area contributed by atoms with E-state index < -0.39 is 0 Å². The summed E-state index contributed by atoms with van der Waals surface area (Å²) in [5, 5.41) is 8.98. The summed E-state index contributed by atoms with van der Waals surface area (Å²) < 4.78 is 0. The second kappa shape index (κ2) is 9.39. The van der Waals surface area contributed by atoms with Gasteiger partial charge in [0, 0.05) is 60.5 Å². The Labute approximate surface area is 182 Å². The Morgan fingerprint density at radius 1 is 1.27 bits per heavy atom. The lowest BCUT2D eigenvalue weighted by Gasteiger charge is -2.34. The number of aromatic nitrogens is 2. The fraction of sp³-hybridized carbons (Fsp3) is 0.391. The van der Waals surface area contributed by atoms with Crippen molar-refractivity contribution in [3.8, 4) is 0 Å². The van der Waals surface area contributed by atoms with Gasteiger partial charge in [0.05, 0.1) is 0 Å². The van der Waals surface area contributed by atoms with Crippen LogP contribution < -0.4 is 15.5 Å². The number of halogens is 1. The molecule has 0 aliphatic carbocycles. The smallest absolute Gasteiger partial charge is 0.191 e. The highest BCUT2D eigenvalue weighted by Gasteiger charge is 2.21. The first kappa shape index (κ1) is 20.5. The number of guanidine groups is 1.